The molecule has 0 aliphatic rings. The lowest BCUT2D eigenvalue weighted by Crippen LogP contribution is -2.50. The Morgan fingerprint density at radius 1 is 0.652 bits per heavy atom. The van der Waals surface area contributed by atoms with E-state index in [1.165, 1.54) is 77.0 Å². The molecular weight excluding hydrogens is 616 g/mol. The first-order valence-corrected chi connectivity index (χ1v) is 19.2. The van der Waals surface area contributed by atoms with E-state index in [0.717, 1.165) is 51.4 Å². The van der Waals surface area contributed by atoms with Gasteiger partial charge in [-0.3, -0.25) is 18.9 Å². The molecule has 0 aromatic carbocycles. The summed E-state index contributed by atoms with van der Waals surface area (Å²) >= 11 is 0. The molecule has 0 aliphatic carbocycles. The average Bonchev–Trinajstić information content (AvgIpc) is 3.06. The van der Waals surface area contributed by atoms with Gasteiger partial charge in [0.05, 0.1) is 6.61 Å². The van der Waals surface area contributed by atoms with Gasteiger partial charge in [0.1, 0.15) is 12.2 Å². The second-order valence-electron chi connectivity index (χ2n) is 12.4. The van der Waals surface area contributed by atoms with Crippen molar-refractivity contribution in [2.45, 2.75) is 192 Å². The fourth-order valence-electron chi connectivity index (χ4n) is 5.26. The van der Waals surface area contributed by atoms with E-state index < -0.39 is 53.4 Å². The Balaban J connectivity index is 4.81. The molecule has 0 spiro atoms. The van der Waals surface area contributed by atoms with E-state index in [4.69, 9.17) is 10.9 Å². The highest BCUT2D eigenvalue weighted by molar-refractivity contribution is 7.80. The molecule has 0 fully saturated rings. The maximum absolute atomic E-state index is 12.7. The molecule has 272 valence electrons. The third kappa shape index (κ3) is 26.5. The van der Waals surface area contributed by atoms with Gasteiger partial charge in [-0.25, -0.2) is 4.18 Å². The van der Waals surface area contributed by atoms with Gasteiger partial charge in [0.25, 0.3) is 0 Å². The van der Waals surface area contributed by atoms with Crippen molar-refractivity contribution >= 4 is 28.6 Å². The second-order valence-corrected chi connectivity index (χ2v) is 13.4. The summed E-state index contributed by atoms with van der Waals surface area (Å²) < 4.78 is 47.3. The van der Waals surface area contributed by atoms with Crippen LogP contribution >= 0.6 is 0 Å². The number of aliphatic hydroxyl groups is 2. The number of hydrogen-bond donors (Lipinski definition) is 3. The molecule has 11 nitrogen and oxygen atoms in total. The molecular formula is C34H64O11S. The molecule has 0 aliphatic heterocycles. The quantitative estimate of drug-likeness (QED) is 0.0277. The van der Waals surface area contributed by atoms with Crippen molar-refractivity contribution in [1.82, 2.24) is 0 Å². The van der Waals surface area contributed by atoms with Crippen LogP contribution < -0.4 is 0 Å². The predicted octanol–water partition coefficient (Wildman–Crippen LogP) is 6.95. The van der Waals surface area contributed by atoms with Crippen molar-refractivity contribution in [2.24, 2.45) is 0 Å². The van der Waals surface area contributed by atoms with Crippen LogP contribution in [0.4, 0.5) is 0 Å². The lowest BCUT2D eigenvalue weighted by molar-refractivity contribution is -0.184. The normalized spacial score (nSPS) is 14.7. The van der Waals surface area contributed by atoms with E-state index in [1.54, 1.807) is 0 Å². The summed E-state index contributed by atoms with van der Waals surface area (Å²) in [5.74, 6) is -1.50. The van der Waals surface area contributed by atoms with Crippen molar-refractivity contribution in [3.05, 3.63) is 0 Å². The van der Waals surface area contributed by atoms with Crippen LogP contribution in [0.15, 0.2) is 0 Å². The number of aldehydes is 1. The molecule has 3 N–H and O–H groups in total. The topological polar surface area (TPSA) is 174 Å². The Bertz CT molecular complexity index is 887. The maximum Gasteiger partial charge on any atom is 0.397 e. The number of carbonyl (C=O) groups excluding carboxylic acids is 3. The van der Waals surface area contributed by atoms with E-state index >= 15 is 0 Å². The zero-order valence-corrected chi connectivity index (χ0v) is 29.4. The molecule has 0 saturated heterocycles. The van der Waals surface area contributed by atoms with Crippen LogP contribution in [-0.2, 0) is 38.4 Å². The first-order chi connectivity index (χ1) is 22.6. The molecule has 4 atom stereocenters. The molecule has 0 amide bonds. The zero-order valence-electron chi connectivity index (χ0n) is 29.5. The summed E-state index contributed by atoms with van der Waals surface area (Å²) in [6, 6.07) is 0. The smallest absolute Gasteiger partial charge is 0.397 e. The number of unbranched alkanes of at least 4 members (excludes halogenated alkanes) is 20. The third-order valence-electron chi connectivity index (χ3n) is 8.08. The highest BCUT2D eigenvalue weighted by Crippen LogP contribution is 2.18. The summed E-state index contributed by atoms with van der Waals surface area (Å²) in [6.07, 6.45) is 16.5. The van der Waals surface area contributed by atoms with Crippen LogP contribution in [0.25, 0.3) is 1.43 Å². The van der Waals surface area contributed by atoms with E-state index in [1.807, 2.05) is 0 Å². The van der Waals surface area contributed by atoms with Crippen molar-refractivity contribution in [3.8, 4) is 0 Å². The summed E-state index contributed by atoms with van der Waals surface area (Å²) in [4.78, 5) is 37.1. The number of carbonyl (C=O) groups is 3. The average molecular weight is 682 g/mol. The van der Waals surface area contributed by atoms with Gasteiger partial charge in [0.15, 0.2) is 18.5 Å². The standard InChI is InChI=1S/C34H64O11S/c1-3-5-7-9-11-13-15-17-19-21-23-25-31(37)44-30(27-35)34(33(39)29(36)28-43-46(40,41)42)45-32(38)26-24-22-20-18-16-14-12-10-8-6-4-2/h27,29-30,33-34,36,39H,3-26,28H2,1-2H3,(H,40,41,42)/t29-,30+,33-,34-/m1/s1/i/hD. The van der Waals surface area contributed by atoms with Crippen molar-refractivity contribution < 1.29 is 51.2 Å². The Morgan fingerprint density at radius 2 is 1.02 bits per heavy atom. The molecule has 0 saturated carbocycles. The van der Waals surface area contributed by atoms with Crippen LogP contribution in [-0.4, -0.2) is 72.4 Å². The van der Waals surface area contributed by atoms with Crippen molar-refractivity contribution in [3.63, 3.8) is 0 Å². The molecule has 0 aromatic heterocycles. The monoisotopic (exact) mass is 681 g/mol. The van der Waals surface area contributed by atoms with Gasteiger partial charge in [-0.15, -0.1) is 0 Å². The van der Waals surface area contributed by atoms with Gasteiger partial charge in [-0.2, -0.15) is 8.42 Å². The summed E-state index contributed by atoms with van der Waals surface area (Å²) in [6.45, 7) is 3.33. The number of rotatable bonds is 34. The Kier molecular flexibility index (Phi) is 27.2. The summed E-state index contributed by atoms with van der Waals surface area (Å²) in [5.41, 5.74) is 0. The molecule has 12 heteroatoms. The van der Waals surface area contributed by atoms with E-state index in [9.17, 15) is 33.0 Å². The van der Waals surface area contributed by atoms with E-state index in [-0.39, 0.29) is 19.1 Å². The predicted molar refractivity (Wildman–Crippen MR) is 177 cm³/mol. The first-order valence-electron chi connectivity index (χ1n) is 18.3. The third-order valence-corrected chi connectivity index (χ3v) is 8.50. The second kappa shape index (κ2) is 29.5. The van der Waals surface area contributed by atoms with Crippen LogP contribution in [0.1, 0.15) is 168 Å². The van der Waals surface area contributed by atoms with Crippen LogP contribution in [0.2, 0.25) is 0 Å². The number of aliphatic hydroxyl groups excluding tert-OH is 2. The molecule has 0 rings (SSSR count). The van der Waals surface area contributed by atoms with Gasteiger partial charge < -0.3 is 19.7 Å². The van der Waals surface area contributed by atoms with Crippen molar-refractivity contribution in [1.29, 1.82) is 1.43 Å². The van der Waals surface area contributed by atoms with Crippen LogP contribution in [0.5, 0.6) is 0 Å². The minimum absolute atomic E-state index is 0.0155. The highest BCUT2D eigenvalue weighted by atomic mass is 32.3. The lowest BCUT2D eigenvalue weighted by Gasteiger charge is -2.29. The van der Waals surface area contributed by atoms with Gasteiger partial charge in [-0.05, 0) is 12.8 Å². The van der Waals surface area contributed by atoms with Crippen LogP contribution in [0.3, 0.4) is 0 Å². The molecule has 0 heterocycles. The molecule has 0 aromatic rings. The largest absolute Gasteiger partial charge is 0.455 e. The van der Waals surface area contributed by atoms with Gasteiger partial charge >= 0.3 is 22.3 Å². The fourth-order valence-corrected chi connectivity index (χ4v) is 5.57. The lowest BCUT2D eigenvalue weighted by atomic mass is 10.0. The van der Waals surface area contributed by atoms with E-state index in [2.05, 4.69) is 22.6 Å². The van der Waals surface area contributed by atoms with Crippen molar-refractivity contribution in [2.75, 3.05) is 6.61 Å². The Morgan fingerprint density at radius 3 is 1.39 bits per heavy atom. The number of esters is 2. The van der Waals surface area contributed by atoms with Gasteiger partial charge in [0, 0.05) is 12.8 Å². The van der Waals surface area contributed by atoms with E-state index in [0.29, 0.717) is 12.8 Å². The molecule has 0 unspecified atom stereocenters. The van der Waals surface area contributed by atoms with Crippen LogP contribution in [0, 0.1) is 0 Å². The van der Waals surface area contributed by atoms with Gasteiger partial charge in [0.2, 0.25) is 1.43 Å². The number of ether oxygens (including phenoxy) is 2. The molecule has 0 bridgehead atoms. The minimum atomic E-state index is -4.76. The SMILES string of the molecule is [2H]OS(=O)(=O)OC[C@@H](O)[C@@H](O)[C@H](OC(=O)CCCCCCCCCCCCC)[C@H](C=O)OC(=O)CCCCCCCCCCCCC. The number of hydrogen-bond acceptors (Lipinski definition) is 11. The van der Waals surface area contributed by atoms with Gasteiger partial charge in [-0.1, -0.05) is 142 Å². The first kappa shape index (κ1) is 42.4. The highest BCUT2D eigenvalue weighted by Gasteiger charge is 2.39. The Labute approximate surface area is 280 Å². The summed E-state index contributed by atoms with van der Waals surface area (Å²) in [5, 5.41) is 21.0. The minimum Gasteiger partial charge on any atom is -0.455 e. The Hall–Kier alpha value is -1.60. The zero-order chi connectivity index (χ0) is 35.2. The molecule has 46 heavy (non-hydrogen) atoms. The maximum atomic E-state index is 12.7. The molecule has 0 radical (unpaired) electrons. The fraction of sp³-hybridized carbons (Fsp3) is 0.912. The summed E-state index contributed by atoms with van der Waals surface area (Å²) in [7, 11) is -4.76.